The molecule has 0 unspecified atom stereocenters. The van der Waals surface area contributed by atoms with E-state index in [4.69, 9.17) is 0 Å². The number of hydrogen-bond donors (Lipinski definition) is 2. The summed E-state index contributed by atoms with van der Waals surface area (Å²) in [5.74, 6) is -0.564. The number of imidazole rings is 1. The molecule has 1 amide bonds. The van der Waals surface area contributed by atoms with Crippen molar-refractivity contribution < 1.29 is 9.72 Å². The highest BCUT2D eigenvalue weighted by molar-refractivity contribution is 5.95. The number of benzene rings is 2. The van der Waals surface area contributed by atoms with Gasteiger partial charge in [-0.2, -0.15) is 0 Å². The fraction of sp³-hybridized carbons (Fsp3) is 0. The Balaban J connectivity index is 1.70. The molecular weight excluding hydrogens is 362 g/mol. The molecule has 4 aromatic rings. The lowest BCUT2D eigenvalue weighted by molar-refractivity contribution is -0.384. The summed E-state index contributed by atoms with van der Waals surface area (Å²) in [6, 6.07) is 15.6. The first-order valence-electron chi connectivity index (χ1n) is 8.18. The lowest BCUT2D eigenvalue weighted by Gasteiger charge is -2.10. The Morgan fingerprint density at radius 2 is 1.75 bits per heavy atom. The molecule has 0 radical (unpaired) electrons. The average molecular weight is 375 g/mol. The smallest absolute Gasteiger partial charge is 0.277 e. The fourth-order valence-corrected chi connectivity index (χ4v) is 2.71. The Bertz CT molecular complexity index is 1170. The van der Waals surface area contributed by atoms with Crippen LogP contribution in [0.15, 0.2) is 67.3 Å². The molecule has 138 valence electrons. The van der Waals surface area contributed by atoms with Gasteiger partial charge in [0.1, 0.15) is 12.7 Å². The summed E-state index contributed by atoms with van der Waals surface area (Å²) in [4.78, 5) is 35.5. The number of amides is 1. The molecule has 0 aliphatic rings. The summed E-state index contributed by atoms with van der Waals surface area (Å²) < 4.78 is 1.50. The van der Waals surface area contributed by atoms with Crippen LogP contribution in [0.2, 0.25) is 0 Å². The van der Waals surface area contributed by atoms with Crippen LogP contribution < -0.4 is 10.9 Å². The number of anilines is 1. The van der Waals surface area contributed by atoms with Crippen LogP contribution >= 0.6 is 0 Å². The second-order valence-electron chi connectivity index (χ2n) is 5.70. The highest BCUT2D eigenvalue weighted by atomic mass is 16.6. The van der Waals surface area contributed by atoms with Crippen LogP contribution in [-0.4, -0.2) is 30.3 Å². The molecule has 2 aromatic carbocycles. The van der Waals surface area contributed by atoms with Gasteiger partial charge in [0, 0.05) is 5.56 Å². The molecule has 10 heteroatoms. The number of nitrogens with zero attached hydrogens (tertiary/aromatic N) is 5. The molecule has 0 bridgehead atoms. The molecule has 0 aliphatic heterocycles. The van der Waals surface area contributed by atoms with Crippen LogP contribution in [0, 0.1) is 10.1 Å². The number of hydrazine groups is 1. The first-order chi connectivity index (χ1) is 13.6. The molecule has 2 heterocycles. The Kier molecular flexibility index (Phi) is 4.34. The zero-order valence-corrected chi connectivity index (χ0v) is 14.3. The minimum absolute atomic E-state index is 0.0326. The predicted molar refractivity (Wildman–Crippen MR) is 101 cm³/mol. The molecular formula is C18H13N7O3. The van der Waals surface area contributed by atoms with Crippen molar-refractivity contribution in [1.82, 2.24) is 24.9 Å². The van der Waals surface area contributed by atoms with E-state index in [2.05, 4.69) is 25.8 Å². The minimum atomic E-state index is -0.610. The summed E-state index contributed by atoms with van der Waals surface area (Å²) in [7, 11) is 0. The van der Waals surface area contributed by atoms with E-state index in [0.29, 0.717) is 16.6 Å². The number of para-hydroxylation sites is 2. The van der Waals surface area contributed by atoms with Crippen LogP contribution in [-0.2, 0) is 0 Å². The van der Waals surface area contributed by atoms with Crippen molar-refractivity contribution in [2.24, 2.45) is 0 Å². The second-order valence-corrected chi connectivity index (χ2v) is 5.70. The Labute approximate surface area is 158 Å². The largest absolute Gasteiger partial charge is 0.355 e. The van der Waals surface area contributed by atoms with Crippen LogP contribution in [0.4, 0.5) is 11.5 Å². The predicted octanol–water partition coefficient (Wildman–Crippen LogP) is 2.48. The van der Waals surface area contributed by atoms with Gasteiger partial charge in [0.25, 0.3) is 5.91 Å². The standard InChI is InChI=1S/C18H13N7O3/c26-18(12-6-2-1-3-7-12)23-22-16-15(25(27)28)17(20-10-19-16)24-11-21-13-8-4-5-9-14(13)24/h1-11H,(H,23,26)(H,19,20,22). The van der Waals surface area contributed by atoms with Crippen molar-refractivity contribution in [3.63, 3.8) is 0 Å². The normalized spacial score (nSPS) is 10.6. The maximum atomic E-state index is 12.2. The van der Waals surface area contributed by atoms with Gasteiger partial charge in [-0.25, -0.2) is 15.0 Å². The maximum absolute atomic E-state index is 12.2. The van der Waals surface area contributed by atoms with Crippen LogP contribution in [0.3, 0.4) is 0 Å². The monoisotopic (exact) mass is 375 g/mol. The SMILES string of the molecule is O=C(NNc1ncnc(-n2cnc3ccccc32)c1[N+](=O)[O-])c1ccccc1. The van der Waals surface area contributed by atoms with E-state index in [1.165, 1.54) is 17.2 Å². The maximum Gasteiger partial charge on any atom is 0.355 e. The molecule has 2 aromatic heterocycles. The Morgan fingerprint density at radius 1 is 1.00 bits per heavy atom. The Morgan fingerprint density at radius 3 is 2.54 bits per heavy atom. The zero-order valence-electron chi connectivity index (χ0n) is 14.3. The summed E-state index contributed by atoms with van der Waals surface area (Å²) in [6.45, 7) is 0. The molecule has 0 saturated carbocycles. The van der Waals surface area contributed by atoms with E-state index in [-0.39, 0.29) is 17.3 Å². The highest BCUT2D eigenvalue weighted by Gasteiger charge is 2.25. The van der Waals surface area contributed by atoms with E-state index < -0.39 is 10.8 Å². The molecule has 0 atom stereocenters. The lowest BCUT2D eigenvalue weighted by atomic mass is 10.2. The van der Waals surface area contributed by atoms with Crippen molar-refractivity contribution in [2.75, 3.05) is 5.43 Å². The minimum Gasteiger partial charge on any atom is -0.277 e. The lowest BCUT2D eigenvalue weighted by Crippen LogP contribution is -2.30. The fourth-order valence-electron chi connectivity index (χ4n) is 2.71. The Hall–Kier alpha value is -4.34. The molecule has 28 heavy (non-hydrogen) atoms. The van der Waals surface area contributed by atoms with Gasteiger partial charge in [0.2, 0.25) is 11.6 Å². The van der Waals surface area contributed by atoms with E-state index in [0.717, 1.165) is 0 Å². The van der Waals surface area contributed by atoms with Gasteiger partial charge in [0.05, 0.1) is 16.0 Å². The van der Waals surface area contributed by atoms with Crippen LogP contribution in [0.1, 0.15) is 10.4 Å². The molecule has 10 nitrogen and oxygen atoms in total. The van der Waals surface area contributed by atoms with Crippen molar-refractivity contribution in [3.05, 3.63) is 82.9 Å². The van der Waals surface area contributed by atoms with Gasteiger partial charge < -0.3 is 0 Å². The topological polar surface area (TPSA) is 128 Å². The molecule has 4 rings (SSSR count). The van der Waals surface area contributed by atoms with E-state index in [1.54, 1.807) is 48.5 Å². The number of carbonyl (C=O) groups is 1. The number of nitro groups is 1. The summed E-state index contributed by atoms with van der Waals surface area (Å²) in [6.07, 6.45) is 2.63. The summed E-state index contributed by atoms with van der Waals surface area (Å²) in [5, 5.41) is 11.7. The number of nitrogens with one attached hydrogen (secondary N) is 2. The first-order valence-corrected chi connectivity index (χ1v) is 8.18. The summed E-state index contributed by atoms with van der Waals surface area (Å²) >= 11 is 0. The third-order valence-electron chi connectivity index (χ3n) is 4.00. The third-order valence-corrected chi connectivity index (χ3v) is 4.00. The number of aromatic nitrogens is 4. The van der Waals surface area contributed by atoms with Crippen molar-refractivity contribution in [3.8, 4) is 5.82 Å². The van der Waals surface area contributed by atoms with E-state index in [9.17, 15) is 14.9 Å². The van der Waals surface area contributed by atoms with Gasteiger partial charge in [-0.3, -0.25) is 30.3 Å². The van der Waals surface area contributed by atoms with Gasteiger partial charge in [-0.05, 0) is 24.3 Å². The molecule has 0 fully saturated rings. The number of rotatable bonds is 5. The van der Waals surface area contributed by atoms with Crippen molar-refractivity contribution >= 4 is 28.4 Å². The van der Waals surface area contributed by atoms with Crippen molar-refractivity contribution in [1.29, 1.82) is 0 Å². The summed E-state index contributed by atoms with van der Waals surface area (Å²) in [5.41, 5.74) is 6.26. The van der Waals surface area contributed by atoms with Gasteiger partial charge in [0.15, 0.2) is 0 Å². The molecule has 0 spiro atoms. The third kappa shape index (κ3) is 3.09. The average Bonchev–Trinajstić information content (AvgIpc) is 3.16. The second kappa shape index (κ2) is 7.11. The van der Waals surface area contributed by atoms with E-state index >= 15 is 0 Å². The van der Waals surface area contributed by atoms with Gasteiger partial charge in [-0.1, -0.05) is 30.3 Å². The van der Waals surface area contributed by atoms with E-state index in [1.807, 2.05) is 6.07 Å². The zero-order chi connectivity index (χ0) is 19.5. The molecule has 2 N–H and O–H groups in total. The van der Waals surface area contributed by atoms with Crippen molar-refractivity contribution in [2.45, 2.75) is 0 Å². The van der Waals surface area contributed by atoms with Crippen LogP contribution in [0.5, 0.6) is 0 Å². The quantitative estimate of drug-likeness (QED) is 0.405. The van der Waals surface area contributed by atoms with Gasteiger partial charge in [-0.15, -0.1) is 0 Å². The van der Waals surface area contributed by atoms with Crippen LogP contribution in [0.25, 0.3) is 16.9 Å². The number of hydrogen-bond acceptors (Lipinski definition) is 7. The molecule has 0 aliphatic carbocycles. The van der Waals surface area contributed by atoms with Gasteiger partial charge >= 0.3 is 5.69 Å². The number of fused-ring (bicyclic) bond motifs is 1. The highest BCUT2D eigenvalue weighted by Crippen LogP contribution is 2.29. The molecule has 0 saturated heterocycles. The number of carbonyl (C=O) groups excluding carboxylic acids is 1. The first kappa shape index (κ1) is 17.1.